The van der Waals surface area contributed by atoms with E-state index in [9.17, 15) is 13.6 Å². The molecule has 1 fully saturated rings. The number of amides is 1. The normalized spacial score (nSPS) is 13.7. The summed E-state index contributed by atoms with van der Waals surface area (Å²) in [5.41, 5.74) is 2.68. The van der Waals surface area contributed by atoms with Crippen LogP contribution in [-0.2, 0) is 17.9 Å². The van der Waals surface area contributed by atoms with Gasteiger partial charge in [-0.2, -0.15) is 8.78 Å². The summed E-state index contributed by atoms with van der Waals surface area (Å²) in [6.45, 7) is -1.26. The molecule has 1 aliphatic heterocycles. The molecule has 0 atom stereocenters. The molecule has 1 aliphatic rings. The van der Waals surface area contributed by atoms with Crippen molar-refractivity contribution in [3.63, 3.8) is 0 Å². The Morgan fingerprint density at radius 1 is 1.09 bits per heavy atom. The van der Waals surface area contributed by atoms with Crippen LogP contribution < -0.4 is 25.0 Å². The van der Waals surface area contributed by atoms with E-state index in [1.807, 2.05) is 24.3 Å². The first-order valence-corrected chi connectivity index (χ1v) is 9.95. The number of benzene rings is 2. The molecule has 3 rings (SSSR count). The molecule has 7 nitrogen and oxygen atoms in total. The Bertz CT molecular complexity index is 926. The number of carbonyl (C=O) groups is 1. The van der Waals surface area contributed by atoms with E-state index in [-0.39, 0.29) is 41.4 Å². The first kappa shape index (κ1) is 25.6. The van der Waals surface area contributed by atoms with E-state index >= 15 is 0 Å². The average molecular weight is 560 g/mol. The molecule has 0 radical (unpaired) electrons. The van der Waals surface area contributed by atoms with Crippen LogP contribution in [-0.4, -0.2) is 39.2 Å². The zero-order chi connectivity index (χ0) is 22.2. The average Bonchev–Trinajstić information content (AvgIpc) is 3.20. The summed E-state index contributed by atoms with van der Waals surface area (Å²) in [6, 6.07) is 12.7. The highest BCUT2D eigenvalue weighted by Gasteiger charge is 2.21. The van der Waals surface area contributed by atoms with Crippen molar-refractivity contribution in [2.45, 2.75) is 32.5 Å². The number of nitrogens with zero attached hydrogens (tertiary/aromatic N) is 2. The third-order valence-corrected chi connectivity index (χ3v) is 4.91. The fourth-order valence-electron chi connectivity index (χ4n) is 3.33. The van der Waals surface area contributed by atoms with Crippen LogP contribution in [0, 0.1) is 0 Å². The summed E-state index contributed by atoms with van der Waals surface area (Å²) in [4.78, 5) is 17.8. The van der Waals surface area contributed by atoms with Crippen LogP contribution >= 0.6 is 24.0 Å². The van der Waals surface area contributed by atoms with E-state index in [0.717, 1.165) is 29.8 Å². The Balaban J connectivity index is 0.00000363. The zero-order valence-electron chi connectivity index (χ0n) is 17.9. The molecule has 0 bridgehead atoms. The predicted octanol–water partition coefficient (Wildman–Crippen LogP) is 3.91. The van der Waals surface area contributed by atoms with E-state index < -0.39 is 6.61 Å². The van der Waals surface area contributed by atoms with Crippen molar-refractivity contribution < 1.29 is 23.0 Å². The highest BCUT2D eigenvalue weighted by molar-refractivity contribution is 14.0. The summed E-state index contributed by atoms with van der Waals surface area (Å²) in [6.07, 6.45) is 1.50. The van der Waals surface area contributed by atoms with Crippen molar-refractivity contribution in [3.05, 3.63) is 53.6 Å². The van der Waals surface area contributed by atoms with Gasteiger partial charge in [-0.3, -0.25) is 9.79 Å². The number of carbonyl (C=O) groups excluding carboxylic acids is 1. The number of alkyl halides is 2. The second kappa shape index (κ2) is 12.4. The van der Waals surface area contributed by atoms with Gasteiger partial charge in [0.25, 0.3) is 0 Å². The summed E-state index contributed by atoms with van der Waals surface area (Å²) < 4.78 is 34.7. The number of anilines is 1. The van der Waals surface area contributed by atoms with Crippen molar-refractivity contribution in [1.82, 2.24) is 10.6 Å². The van der Waals surface area contributed by atoms with Crippen molar-refractivity contribution >= 4 is 41.5 Å². The molecule has 2 aromatic rings. The lowest BCUT2D eigenvalue weighted by Crippen LogP contribution is -2.36. The van der Waals surface area contributed by atoms with Crippen molar-refractivity contribution in [3.8, 4) is 11.5 Å². The van der Waals surface area contributed by atoms with E-state index in [1.165, 1.54) is 13.2 Å². The van der Waals surface area contributed by atoms with Gasteiger partial charge < -0.3 is 25.0 Å². The lowest BCUT2D eigenvalue weighted by molar-refractivity contribution is -0.117. The van der Waals surface area contributed by atoms with Crippen molar-refractivity contribution in [1.29, 1.82) is 0 Å². The number of hydrogen-bond acceptors (Lipinski definition) is 4. The molecule has 2 N–H and O–H groups in total. The number of hydrogen-bond donors (Lipinski definition) is 2. The molecule has 2 aromatic carbocycles. The molecule has 0 aromatic heterocycles. The van der Waals surface area contributed by atoms with Gasteiger partial charge in [-0.1, -0.05) is 18.2 Å². The van der Waals surface area contributed by atoms with Crippen LogP contribution in [0.2, 0.25) is 0 Å². The van der Waals surface area contributed by atoms with Crippen molar-refractivity contribution in [2.75, 3.05) is 25.6 Å². The van der Waals surface area contributed by atoms with E-state index in [4.69, 9.17) is 4.74 Å². The van der Waals surface area contributed by atoms with Crippen LogP contribution in [0.25, 0.3) is 0 Å². The molecule has 0 aliphatic carbocycles. The number of nitrogens with one attached hydrogen (secondary N) is 2. The van der Waals surface area contributed by atoms with Gasteiger partial charge in [0.15, 0.2) is 17.5 Å². The van der Waals surface area contributed by atoms with Crippen LogP contribution in [0.5, 0.6) is 11.5 Å². The van der Waals surface area contributed by atoms with Gasteiger partial charge in [0.05, 0.1) is 7.11 Å². The maximum Gasteiger partial charge on any atom is 0.387 e. The number of aliphatic imine (C=N–C) groups is 1. The van der Waals surface area contributed by atoms with Gasteiger partial charge >= 0.3 is 6.61 Å². The molecule has 1 heterocycles. The molecule has 1 amide bonds. The summed E-state index contributed by atoms with van der Waals surface area (Å²) in [5, 5.41) is 6.34. The monoisotopic (exact) mass is 560 g/mol. The SMILES string of the molecule is CN=C(NCc1ccc(N2CCCC2=O)cc1)NCc1ccc(OC)c(OC(F)F)c1.I. The quantitative estimate of drug-likeness (QED) is 0.291. The summed E-state index contributed by atoms with van der Waals surface area (Å²) >= 11 is 0. The van der Waals surface area contributed by atoms with Gasteiger partial charge in [0.1, 0.15) is 0 Å². The van der Waals surface area contributed by atoms with Gasteiger partial charge in [0.2, 0.25) is 5.91 Å². The molecule has 10 heteroatoms. The van der Waals surface area contributed by atoms with E-state index in [2.05, 4.69) is 20.4 Å². The Labute approximate surface area is 203 Å². The minimum Gasteiger partial charge on any atom is -0.493 e. The number of halogens is 3. The first-order valence-electron chi connectivity index (χ1n) is 9.95. The van der Waals surface area contributed by atoms with Gasteiger partial charge in [-0.15, -0.1) is 24.0 Å². The molecule has 174 valence electrons. The van der Waals surface area contributed by atoms with Gasteiger partial charge in [-0.25, -0.2) is 0 Å². The highest BCUT2D eigenvalue weighted by Crippen LogP contribution is 2.29. The van der Waals surface area contributed by atoms with E-state index in [0.29, 0.717) is 25.5 Å². The van der Waals surface area contributed by atoms with Gasteiger partial charge in [-0.05, 0) is 41.8 Å². The van der Waals surface area contributed by atoms with Crippen LogP contribution in [0.1, 0.15) is 24.0 Å². The number of guanidine groups is 1. The smallest absolute Gasteiger partial charge is 0.387 e. The first-order chi connectivity index (χ1) is 15.0. The van der Waals surface area contributed by atoms with E-state index in [1.54, 1.807) is 24.1 Å². The third kappa shape index (κ3) is 6.94. The fraction of sp³-hybridized carbons (Fsp3) is 0.364. The molecule has 0 saturated carbocycles. The largest absolute Gasteiger partial charge is 0.493 e. The van der Waals surface area contributed by atoms with Crippen LogP contribution in [0.3, 0.4) is 0 Å². The lowest BCUT2D eigenvalue weighted by atomic mass is 10.2. The minimum absolute atomic E-state index is 0. The minimum atomic E-state index is -2.93. The Morgan fingerprint density at radius 2 is 1.75 bits per heavy atom. The molecule has 0 unspecified atom stereocenters. The maximum absolute atomic E-state index is 12.6. The number of rotatable bonds is 8. The number of methoxy groups -OCH3 is 1. The second-order valence-electron chi connectivity index (χ2n) is 6.96. The molecule has 0 spiro atoms. The molecular formula is C22H27F2IN4O3. The topological polar surface area (TPSA) is 75.2 Å². The third-order valence-electron chi connectivity index (χ3n) is 4.91. The van der Waals surface area contributed by atoms with Crippen LogP contribution in [0.15, 0.2) is 47.5 Å². The molecule has 1 saturated heterocycles. The Morgan fingerprint density at radius 3 is 2.31 bits per heavy atom. The Hall–Kier alpha value is -2.63. The predicted molar refractivity (Wildman–Crippen MR) is 130 cm³/mol. The second-order valence-corrected chi connectivity index (χ2v) is 6.96. The fourth-order valence-corrected chi connectivity index (χ4v) is 3.33. The lowest BCUT2D eigenvalue weighted by Gasteiger charge is -2.17. The maximum atomic E-state index is 12.6. The van der Waals surface area contributed by atoms with Gasteiger partial charge in [0, 0.05) is 38.8 Å². The molecule has 32 heavy (non-hydrogen) atoms. The highest BCUT2D eigenvalue weighted by atomic mass is 127. The summed E-state index contributed by atoms with van der Waals surface area (Å²) in [5.74, 6) is 0.948. The standard InChI is InChI=1S/C22H26F2N4O3.HI/c1-25-22(27-14-16-7-10-18(30-2)19(12-16)31-21(23)24)26-13-15-5-8-17(9-6-15)28-11-3-4-20(28)29;/h5-10,12,21H,3-4,11,13-14H2,1-2H3,(H2,25,26,27);1H. The zero-order valence-corrected chi connectivity index (χ0v) is 20.3. The Kier molecular flexibility index (Phi) is 9.95. The van der Waals surface area contributed by atoms with Crippen molar-refractivity contribution in [2.24, 2.45) is 4.99 Å². The number of ether oxygens (including phenoxy) is 2. The summed E-state index contributed by atoms with van der Waals surface area (Å²) in [7, 11) is 3.05. The van der Waals surface area contributed by atoms with Crippen LogP contribution in [0.4, 0.5) is 14.5 Å². The molecular weight excluding hydrogens is 533 g/mol.